The molecule has 1 fully saturated rings. The molecule has 4 aliphatic rings. The number of aromatic hydroxyl groups is 1. The average Bonchev–Trinajstić information content (AvgIpc) is 3.78. The number of Topliss-reactive ketones (excluding diaryl/α,β-unsaturated/α-hetero) is 2. The van der Waals surface area contributed by atoms with Crippen LogP contribution in [0, 0.1) is 47.3 Å². The minimum atomic E-state index is -0.664. The summed E-state index contributed by atoms with van der Waals surface area (Å²) in [5.74, 6) is 8.23. The van der Waals surface area contributed by atoms with Gasteiger partial charge < -0.3 is 41.0 Å². The number of allylic oxidation sites excluding steroid dienone is 2. The molecule has 0 radical (unpaired) electrons. The smallest absolute Gasteiger partial charge is 0.160 e. The zero-order valence-electron chi connectivity index (χ0n) is 44.9. The number of aliphatic hydroxyl groups is 2. The van der Waals surface area contributed by atoms with E-state index < -0.39 is 24.0 Å². The van der Waals surface area contributed by atoms with Crippen LogP contribution in [-0.2, 0) is 35.3 Å². The van der Waals surface area contributed by atoms with Gasteiger partial charge in [-0.15, -0.1) is 0 Å². The van der Waals surface area contributed by atoms with Gasteiger partial charge in [-0.3, -0.25) is 9.59 Å². The van der Waals surface area contributed by atoms with Crippen LogP contribution < -0.4 is 20.7 Å². The zero-order valence-corrected chi connectivity index (χ0v) is 44.9. The van der Waals surface area contributed by atoms with Crippen molar-refractivity contribution in [3.05, 3.63) is 148 Å². The molecule has 10 heteroatoms. The van der Waals surface area contributed by atoms with Crippen LogP contribution in [0.3, 0.4) is 0 Å². The number of methoxy groups -OCH3 is 1. The SMILES string of the molecule is CCC[C@H]1[C@H]2C[C@H](CC3=CCNC(=C3)Nc3ccc4ccc(cc4c3)C[C@@H](O)CNC[C@@H](C)c3c[nH]c(c3)C[C@@H]1O)C[C@H]1C#C[C@H](c3ccccc3CCC(C)C)c3cc(O)c(OC)cc3CCC(=O)CC(=O)[C@H]1C2. The maximum Gasteiger partial charge on any atom is 0.160 e. The van der Waals surface area contributed by atoms with Gasteiger partial charge >= 0.3 is 0 Å². The van der Waals surface area contributed by atoms with Crippen molar-refractivity contribution < 1.29 is 29.6 Å². The third-order valence-corrected chi connectivity index (χ3v) is 16.7. The van der Waals surface area contributed by atoms with E-state index in [0.29, 0.717) is 63.4 Å². The minimum Gasteiger partial charge on any atom is -0.504 e. The average molecular weight is 1010 g/mol. The molecular formula is C65H80N4O6. The third-order valence-electron chi connectivity index (χ3n) is 16.7. The number of phenolic OH excluding ortho intramolecular Hbond substituents is 1. The second-order valence-corrected chi connectivity index (χ2v) is 22.8. The number of hydrogen-bond donors (Lipinski definition) is 7. The summed E-state index contributed by atoms with van der Waals surface area (Å²) in [5, 5.41) is 48.1. The number of aromatic amines is 1. The summed E-state index contributed by atoms with van der Waals surface area (Å²) in [5.41, 5.74) is 9.40. The number of carbonyl (C=O) groups is 2. The Kier molecular flexibility index (Phi) is 17.7. The number of aromatic nitrogens is 1. The number of ketones is 2. The molecule has 1 saturated carbocycles. The van der Waals surface area contributed by atoms with Crippen molar-refractivity contribution in [1.82, 2.24) is 15.6 Å². The van der Waals surface area contributed by atoms with Crippen molar-refractivity contribution in [3.63, 3.8) is 0 Å². The molecule has 396 valence electrons. The lowest BCUT2D eigenvalue weighted by atomic mass is 9.73. The van der Waals surface area contributed by atoms with Crippen LogP contribution in [0.4, 0.5) is 5.69 Å². The van der Waals surface area contributed by atoms with Gasteiger partial charge in [0, 0.05) is 61.9 Å². The van der Waals surface area contributed by atoms with Gasteiger partial charge in [-0.05, 0) is 174 Å². The normalized spacial score (nSPS) is 26.1. The Balaban J connectivity index is 1.14. The molecule has 2 aliphatic carbocycles. The first-order valence-electron chi connectivity index (χ1n) is 28.0. The van der Waals surface area contributed by atoms with E-state index in [-0.39, 0.29) is 59.7 Å². The number of aryl methyl sites for hydroxylation is 2. The molecule has 1 aromatic heterocycles. The topological polar surface area (TPSA) is 156 Å². The Morgan fingerprint density at radius 1 is 0.867 bits per heavy atom. The molecule has 9 rings (SSSR count). The number of H-pyrrole nitrogens is 1. The number of dihydropyridines is 1. The monoisotopic (exact) mass is 1010 g/mol. The lowest BCUT2D eigenvalue weighted by Crippen LogP contribution is -2.33. The fourth-order valence-corrected chi connectivity index (χ4v) is 12.7. The highest BCUT2D eigenvalue weighted by atomic mass is 16.5. The van der Waals surface area contributed by atoms with Gasteiger partial charge in [-0.2, -0.15) is 0 Å². The number of benzene rings is 4. The molecule has 10 nitrogen and oxygen atoms in total. The van der Waals surface area contributed by atoms with Crippen LogP contribution >= 0.6 is 0 Å². The maximum atomic E-state index is 15.1. The van der Waals surface area contributed by atoms with E-state index in [1.807, 2.05) is 12.3 Å². The zero-order chi connectivity index (χ0) is 52.6. The molecule has 0 spiro atoms. The number of fused-ring (bicyclic) bond motifs is 9. The standard InChI is InChI=1S/C65H80N4O6/c1-6-9-57-50-27-44(26-47-18-21-58(56-11-8-7-10-46(56)14-12-40(2)3)59-36-63(74)64(75-5)33-48(59)17-20-54(70)35-62(73)60(47)32-50)24-43-22-23-67-65(29-43)69-52-19-16-45-15-13-42(25-49(45)30-52)28-55(71)39-66-37-41(4)51-31-53(68-38-51)34-61(57)72/h7-8,10-11,13,15-16,19,22,25,29-31,33,36,38,40-41,44,47,50,55,57-58,60-61,66-69,71-72,74H,6,9,12,14,17,20,23-24,26-28,32,34-35,37,39H2,1-5H3/t41-,44-,47-,50+,55-,57+,58-,60+,61+/m1/s1. The maximum absolute atomic E-state index is 15.1. The number of anilines is 1. The number of carbonyl (C=O) groups excluding carboxylic acids is 2. The molecule has 75 heavy (non-hydrogen) atoms. The molecule has 0 amide bonds. The summed E-state index contributed by atoms with van der Waals surface area (Å²) >= 11 is 0. The van der Waals surface area contributed by atoms with Crippen LogP contribution in [0.25, 0.3) is 10.8 Å². The van der Waals surface area contributed by atoms with Crippen LogP contribution in [0.2, 0.25) is 0 Å². The lowest BCUT2D eigenvalue weighted by molar-refractivity contribution is -0.130. The number of nitrogens with one attached hydrogen (secondary N) is 4. The summed E-state index contributed by atoms with van der Waals surface area (Å²) in [4.78, 5) is 32.7. The van der Waals surface area contributed by atoms with Crippen molar-refractivity contribution in [2.75, 3.05) is 32.1 Å². The summed E-state index contributed by atoms with van der Waals surface area (Å²) in [6, 6.07) is 27.1. The number of phenols is 1. The van der Waals surface area contributed by atoms with E-state index in [2.05, 4.69) is 139 Å². The van der Waals surface area contributed by atoms with E-state index in [4.69, 9.17) is 4.74 Å². The molecule has 4 aromatic carbocycles. The molecule has 7 N–H and O–H groups in total. The van der Waals surface area contributed by atoms with Gasteiger partial charge in [-0.1, -0.05) is 101 Å². The summed E-state index contributed by atoms with van der Waals surface area (Å²) in [6.07, 6.45) is 13.1. The van der Waals surface area contributed by atoms with E-state index in [9.17, 15) is 20.1 Å². The molecule has 0 unspecified atom stereocenters. The number of ether oxygens (including phenoxy) is 1. The van der Waals surface area contributed by atoms with E-state index in [1.54, 1.807) is 6.07 Å². The molecule has 3 heterocycles. The van der Waals surface area contributed by atoms with Gasteiger partial charge in [0.1, 0.15) is 17.4 Å². The predicted octanol–water partition coefficient (Wildman–Crippen LogP) is 11.2. The molecule has 0 saturated heterocycles. The molecule has 9 bridgehead atoms. The Morgan fingerprint density at radius 3 is 2.53 bits per heavy atom. The highest BCUT2D eigenvalue weighted by Gasteiger charge is 2.41. The summed E-state index contributed by atoms with van der Waals surface area (Å²) in [6.45, 7) is 10.7. The highest BCUT2D eigenvalue weighted by Crippen LogP contribution is 2.46. The Bertz CT molecular complexity index is 2940. The fourth-order valence-electron chi connectivity index (χ4n) is 12.7. The Labute approximate surface area is 445 Å². The molecule has 2 aliphatic heterocycles. The number of β-amino-alcohol motifs (C(OH)–C–C–N with tert-alkyl or cyclic N) is 1. The van der Waals surface area contributed by atoms with Gasteiger partial charge in [0.15, 0.2) is 11.5 Å². The summed E-state index contributed by atoms with van der Waals surface area (Å²) in [7, 11) is 1.54. The van der Waals surface area contributed by atoms with Crippen LogP contribution in [0.5, 0.6) is 11.5 Å². The van der Waals surface area contributed by atoms with Gasteiger partial charge in [-0.25, -0.2) is 0 Å². The van der Waals surface area contributed by atoms with Crippen molar-refractivity contribution in [3.8, 4) is 23.3 Å². The lowest BCUT2D eigenvalue weighted by Gasteiger charge is -2.33. The summed E-state index contributed by atoms with van der Waals surface area (Å²) < 4.78 is 5.63. The second-order valence-electron chi connectivity index (χ2n) is 22.8. The van der Waals surface area contributed by atoms with Crippen molar-refractivity contribution in [2.45, 2.75) is 135 Å². The first-order chi connectivity index (χ1) is 36.3. The van der Waals surface area contributed by atoms with Gasteiger partial charge in [0.2, 0.25) is 0 Å². The second kappa shape index (κ2) is 24.7. The van der Waals surface area contributed by atoms with Crippen LogP contribution in [-0.4, -0.2) is 70.8 Å². The number of hydrogen-bond acceptors (Lipinski definition) is 9. The third kappa shape index (κ3) is 13.5. The number of rotatable bonds is 7. The van der Waals surface area contributed by atoms with E-state index in [1.165, 1.54) is 18.2 Å². The van der Waals surface area contributed by atoms with Crippen molar-refractivity contribution in [1.29, 1.82) is 0 Å². The Hall–Kier alpha value is -6.12. The van der Waals surface area contributed by atoms with Crippen molar-refractivity contribution in [2.24, 2.45) is 35.5 Å². The van der Waals surface area contributed by atoms with Gasteiger partial charge in [0.25, 0.3) is 0 Å². The minimum absolute atomic E-state index is 0.00348. The quantitative estimate of drug-likeness (QED) is 0.0623. The van der Waals surface area contributed by atoms with E-state index >= 15 is 4.79 Å². The van der Waals surface area contributed by atoms with Crippen molar-refractivity contribution >= 4 is 28.0 Å². The largest absolute Gasteiger partial charge is 0.504 e. The first kappa shape index (κ1) is 53.7. The van der Waals surface area contributed by atoms with E-state index in [0.717, 1.165) is 94.3 Å². The fraction of sp³-hybridized carbons (Fsp3) is 0.477. The molecular weight excluding hydrogens is 933 g/mol. The van der Waals surface area contributed by atoms with Crippen LogP contribution in [0.1, 0.15) is 136 Å². The predicted molar refractivity (Wildman–Crippen MR) is 301 cm³/mol. The first-order valence-corrected chi connectivity index (χ1v) is 28.0. The van der Waals surface area contributed by atoms with Gasteiger partial charge in [0.05, 0.1) is 31.7 Å². The van der Waals surface area contributed by atoms with Crippen LogP contribution in [0.15, 0.2) is 109 Å². The number of aliphatic hydroxyl groups excluding tert-OH is 2. The highest BCUT2D eigenvalue weighted by molar-refractivity contribution is 6.00. The molecule has 9 atom stereocenters. The Morgan fingerprint density at radius 2 is 1.71 bits per heavy atom. The molecule has 5 aromatic rings.